The number of nitrogens with one attached hydrogen (secondary N) is 2. The van der Waals surface area contributed by atoms with Gasteiger partial charge in [0, 0.05) is 61.5 Å². The summed E-state index contributed by atoms with van der Waals surface area (Å²) in [7, 11) is 0. The van der Waals surface area contributed by atoms with Crippen molar-refractivity contribution < 1.29 is 9.53 Å². The number of hydrogen-bond acceptors (Lipinski definition) is 7. The van der Waals surface area contributed by atoms with Crippen LogP contribution in [0.15, 0.2) is 49.1 Å². The van der Waals surface area contributed by atoms with Crippen LogP contribution in [0.2, 0.25) is 0 Å². The van der Waals surface area contributed by atoms with Crippen LogP contribution < -0.4 is 10.6 Å². The average molecular weight is 478 g/mol. The molecular formula is C24H27N7O2S. The first-order valence-corrected chi connectivity index (χ1v) is 12.2. The highest BCUT2D eigenvalue weighted by molar-refractivity contribution is 7.22. The number of aromatic nitrogens is 4. The topological polar surface area (TPSA) is 97.2 Å². The zero-order chi connectivity index (χ0) is 23.3. The maximum absolute atomic E-state index is 12.0. The predicted octanol–water partition coefficient (Wildman–Crippen LogP) is 3.70. The maximum Gasteiger partial charge on any atom is 0.321 e. The number of urea groups is 1. The number of amides is 2. The lowest BCUT2D eigenvalue weighted by atomic mass is 10.0. The number of nitrogens with zero attached hydrogens (tertiary/aromatic N) is 5. The predicted molar refractivity (Wildman–Crippen MR) is 134 cm³/mol. The van der Waals surface area contributed by atoms with Gasteiger partial charge in [0.15, 0.2) is 5.13 Å². The van der Waals surface area contributed by atoms with Crippen molar-refractivity contribution in [3.05, 3.63) is 49.1 Å². The lowest BCUT2D eigenvalue weighted by Gasteiger charge is -2.26. The first kappa shape index (κ1) is 22.5. The molecule has 10 heteroatoms. The van der Waals surface area contributed by atoms with Crippen molar-refractivity contribution in [1.29, 1.82) is 0 Å². The Morgan fingerprint density at radius 1 is 1.15 bits per heavy atom. The first-order chi connectivity index (χ1) is 16.7. The van der Waals surface area contributed by atoms with E-state index in [2.05, 4.69) is 37.9 Å². The van der Waals surface area contributed by atoms with E-state index in [0.29, 0.717) is 11.7 Å². The number of thiazole rings is 1. The molecule has 0 bridgehead atoms. The Bertz CT molecular complexity index is 1270. The minimum atomic E-state index is -0.258. The summed E-state index contributed by atoms with van der Waals surface area (Å²) in [4.78, 5) is 23.4. The molecule has 4 heterocycles. The van der Waals surface area contributed by atoms with E-state index < -0.39 is 0 Å². The van der Waals surface area contributed by atoms with E-state index >= 15 is 0 Å². The number of carbonyl (C=O) groups excluding carboxylic acids is 1. The van der Waals surface area contributed by atoms with Gasteiger partial charge in [-0.15, -0.1) is 0 Å². The summed E-state index contributed by atoms with van der Waals surface area (Å²) in [6, 6.07) is 7.89. The van der Waals surface area contributed by atoms with E-state index in [4.69, 9.17) is 9.72 Å². The second-order valence-electron chi connectivity index (χ2n) is 8.06. The van der Waals surface area contributed by atoms with Gasteiger partial charge in [-0.3, -0.25) is 19.9 Å². The molecule has 0 saturated carbocycles. The van der Waals surface area contributed by atoms with Gasteiger partial charge in [0.05, 0.1) is 36.2 Å². The minimum Gasteiger partial charge on any atom is -0.379 e. The van der Waals surface area contributed by atoms with Gasteiger partial charge in [0.1, 0.15) is 0 Å². The van der Waals surface area contributed by atoms with Crippen LogP contribution >= 0.6 is 11.3 Å². The van der Waals surface area contributed by atoms with Gasteiger partial charge < -0.3 is 10.1 Å². The fourth-order valence-corrected chi connectivity index (χ4v) is 4.97. The molecule has 0 unspecified atom stereocenters. The number of carbonyl (C=O) groups is 1. The summed E-state index contributed by atoms with van der Waals surface area (Å²) in [5.74, 6) is 0. The van der Waals surface area contributed by atoms with Gasteiger partial charge in [-0.1, -0.05) is 17.4 Å². The smallest absolute Gasteiger partial charge is 0.321 e. The van der Waals surface area contributed by atoms with E-state index in [1.165, 1.54) is 11.3 Å². The molecule has 34 heavy (non-hydrogen) atoms. The van der Waals surface area contributed by atoms with Crippen LogP contribution in [-0.2, 0) is 11.3 Å². The van der Waals surface area contributed by atoms with E-state index in [0.717, 1.165) is 71.9 Å². The van der Waals surface area contributed by atoms with Gasteiger partial charge in [-0.25, -0.2) is 9.78 Å². The van der Waals surface area contributed by atoms with E-state index in [1.807, 2.05) is 42.2 Å². The third-order valence-corrected chi connectivity index (χ3v) is 6.76. The molecule has 176 valence electrons. The second-order valence-corrected chi connectivity index (χ2v) is 9.06. The largest absolute Gasteiger partial charge is 0.379 e. The second kappa shape index (κ2) is 10.3. The Hall–Kier alpha value is -3.34. The highest BCUT2D eigenvalue weighted by atomic mass is 32.1. The zero-order valence-electron chi connectivity index (χ0n) is 19.0. The molecule has 4 aromatic rings. The SMILES string of the molecule is CCNC(=O)Nc1nc2cc(-c3cccnc3)cc(-c3cnn(CCN4CCOCC4)c3)c2s1. The number of hydrogen-bond donors (Lipinski definition) is 2. The molecule has 2 amide bonds. The van der Waals surface area contributed by atoms with Crippen LogP contribution in [0.4, 0.5) is 9.93 Å². The molecular weight excluding hydrogens is 450 g/mol. The molecule has 3 aromatic heterocycles. The number of morpholine rings is 1. The lowest BCUT2D eigenvalue weighted by molar-refractivity contribution is 0.0360. The van der Waals surface area contributed by atoms with E-state index in [1.54, 1.807) is 6.20 Å². The molecule has 1 fully saturated rings. The van der Waals surface area contributed by atoms with Crippen LogP contribution in [0.1, 0.15) is 6.92 Å². The summed E-state index contributed by atoms with van der Waals surface area (Å²) in [5, 5.41) is 10.8. The normalized spacial score (nSPS) is 14.4. The van der Waals surface area contributed by atoms with Crippen molar-refractivity contribution in [1.82, 2.24) is 30.0 Å². The Morgan fingerprint density at radius 2 is 2.03 bits per heavy atom. The third-order valence-electron chi connectivity index (χ3n) is 5.74. The molecule has 0 radical (unpaired) electrons. The number of anilines is 1. The summed E-state index contributed by atoms with van der Waals surface area (Å²) in [6.45, 7) is 7.70. The fourth-order valence-electron chi connectivity index (χ4n) is 4.00. The Morgan fingerprint density at radius 3 is 2.82 bits per heavy atom. The van der Waals surface area contributed by atoms with E-state index in [9.17, 15) is 4.79 Å². The molecule has 2 N–H and O–H groups in total. The zero-order valence-corrected chi connectivity index (χ0v) is 19.8. The summed E-state index contributed by atoms with van der Waals surface area (Å²) < 4.78 is 8.43. The van der Waals surface area contributed by atoms with Crippen molar-refractivity contribution >= 4 is 32.7 Å². The molecule has 0 spiro atoms. The van der Waals surface area contributed by atoms with Gasteiger partial charge in [0.2, 0.25) is 0 Å². The van der Waals surface area contributed by atoms with Gasteiger partial charge in [-0.05, 0) is 30.7 Å². The highest BCUT2D eigenvalue weighted by Crippen LogP contribution is 2.38. The highest BCUT2D eigenvalue weighted by Gasteiger charge is 2.16. The number of fused-ring (bicyclic) bond motifs is 1. The van der Waals surface area contributed by atoms with Gasteiger partial charge >= 0.3 is 6.03 Å². The molecule has 0 atom stereocenters. The Kier molecular flexibility index (Phi) is 6.79. The van der Waals surface area contributed by atoms with Crippen molar-refractivity contribution in [3.63, 3.8) is 0 Å². The summed E-state index contributed by atoms with van der Waals surface area (Å²) in [6.07, 6.45) is 7.59. The van der Waals surface area contributed by atoms with Crippen LogP contribution in [0.3, 0.4) is 0 Å². The van der Waals surface area contributed by atoms with Gasteiger partial charge in [-0.2, -0.15) is 5.10 Å². The van der Waals surface area contributed by atoms with Crippen LogP contribution in [0.5, 0.6) is 0 Å². The monoisotopic (exact) mass is 477 g/mol. The van der Waals surface area contributed by atoms with Crippen LogP contribution in [0, 0.1) is 0 Å². The molecule has 1 aliphatic heterocycles. The number of benzene rings is 1. The summed E-state index contributed by atoms with van der Waals surface area (Å²) >= 11 is 1.46. The van der Waals surface area contributed by atoms with Crippen molar-refractivity contribution in [2.75, 3.05) is 44.7 Å². The number of pyridine rings is 1. The Labute approximate surface area is 201 Å². The molecule has 1 aromatic carbocycles. The van der Waals surface area contributed by atoms with Gasteiger partial charge in [0.25, 0.3) is 0 Å². The quantitative estimate of drug-likeness (QED) is 0.421. The summed E-state index contributed by atoms with van der Waals surface area (Å²) in [5.41, 5.74) is 4.92. The lowest BCUT2D eigenvalue weighted by Crippen LogP contribution is -2.38. The Balaban J connectivity index is 1.47. The maximum atomic E-state index is 12.0. The number of rotatable bonds is 7. The standard InChI is InChI=1S/C24H27N7O2S/c1-2-26-23(32)29-24-28-21-13-18(17-4-3-5-25-14-17)12-20(22(21)34-24)19-15-27-31(16-19)7-6-30-8-10-33-11-9-30/h3-5,12-16H,2,6-11H2,1H3,(H2,26,28,29,32). The first-order valence-electron chi connectivity index (χ1n) is 11.4. The number of ether oxygens (including phenoxy) is 1. The van der Waals surface area contributed by atoms with Crippen molar-refractivity contribution in [3.8, 4) is 22.3 Å². The minimum absolute atomic E-state index is 0.258. The van der Waals surface area contributed by atoms with Crippen LogP contribution in [0.25, 0.3) is 32.5 Å². The van der Waals surface area contributed by atoms with Crippen LogP contribution in [-0.4, -0.2) is 70.1 Å². The van der Waals surface area contributed by atoms with Crippen molar-refractivity contribution in [2.24, 2.45) is 0 Å². The molecule has 1 aliphatic rings. The average Bonchev–Trinajstić information content (AvgIpc) is 3.50. The van der Waals surface area contributed by atoms with Crippen molar-refractivity contribution in [2.45, 2.75) is 13.5 Å². The third kappa shape index (κ3) is 5.09. The molecule has 5 rings (SSSR count). The molecule has 1 saturated heterocycles. The fraction of sp³-hybridized carbons (Fsp3) is 0.333. The molecule has 0 aliphatic carbocycles. The molecule has 9 nitrogen and oxygen atoms in total. The van der Waals surface area contributed by atoms with E-state index in [-0.39, 0.29) is 6.03 Å².